The van der Waals surface area contributed by atoms with Crippen LogP contribution >= 0.6 is 0 Å². The van der Waals surface area contributed by atoms with Crippen LogP contribution in [0.4, 0.5) is 5.69 Å². The summed E-state index contributed by atoms with van der Waals surface area (Å²) < 4.78 is 5.14. The van der Waals surface area contributed by atoms with Crippen molar-refractivity contribution >= 4 is 17.6 Å². The summed E-state index contributed by atoms with van der Waals surface area (Å²) in [5, 5.41) is 2.76. The first kappa shape index (κ1) is 14.8. The van der Waals surface area contributed by atoms with Crippen LogP contribution in [-0.2, 0) is 14.3 Å². The van der Waals surface area contributed by atoms with E-state index < -0.39 is 12.1 Å². The van der Waals surface area contributed by atoms with Gasteiger partial charge >= 0.3 is 5.97 Å². The largest absolute Gasteiger partial charge is 0.447 e. The van der Waals surface area contributed by atoms with Gasteiger partial charge in [0, 0.05) is 18.2 Å². The van der Waals surface area contributed by atoms with E-state index in [4.69, 9.17) is 4.74 Å². The molecule has 108 valence electrons. The zero-order chi connectivity index (χ0) is 15.2. The van der Waals surface area contributed by atoms with Crippen LogP contribution in [0.15, 0.2) is 54.6 Å². The maximum atomic E-state index is 12.3. The molecule has 0 aliphatic rings. The van der Waals surface area contributed by atoms with Crippen LogP contribution in [0.1, 0.15) is 24.2 Å². The van der Waals surface area contributed by atoms with Crippen molar-refractivity contribution < 1.29 is 14.3 Å². The summed E-state index contributed by atoms with van der Waals surface area (Å²) in [4.78, 5) is 23.6. The zero-order valence-electron chi connectivity index (χ0n) is 12.0. The van der Waals surface area contributed by atoms with Gasteiger partial charge in [-0.2, -0.15) is 0 Å². The van der Waals surface area contributed by atoms with Crippen LogP contribution in [0, 0.1) is 6.92 Å². The quantitative estimate of drug-likeness (QED) is 0.876. The fourth-order valence-corrected chi connectivity index (χ4v) is 1.91. The monoisotopic (exact) mass is 283 g/mol. The fraction of sp³-hybridized carbons (Fsp3) is 0.176. The number of ether oxygens (including phenoxy) is 1. The molecule has 0 aliphatic heterocycles. The molecule has 4 heteroatoms. The third-order valence-corrected chi connectivity index (χ3v) is 2.94. The summed E-state index contributed by atoms with van der Waals surface area (Å²) in [6.07, 6.45) is -0.954. The Bertz CT molecular complexity index is 620. The van der Waals surface area contributed by atoms with E-state index in [1.54, 1.807) is 24.3 Å². The summed E-state index contributed by atoms with van der Waals surface area (Å²) in [5.41, 5.74) is 2.41. The molecular formula is C17H17NO3. The molecule has 1 N–H and O–H groups in total. The summed E-state index contributed by atoms with van der Waals surface area (Å²) in [7, 11) is 0. The lowest BCUT2D eigenvalue weighted by Crippen LogP contribution is -2.25. The number of hydrogen-bond acceptors (Lipinski definition) is 3. The third-order valence-electron chi connectivity index (χ3n) is 2.94. The fourth-order valence-electron chi connectivity index (χ4n) is 1.91. The molecule has 0 fully saturated rings. The highest BCUT2D eigenvalue weighted by molar-refractivity contribution is 5.95. The van der Waals surface area contributed by atoms with Gasteiger partial charge in [-0.1, -0.05) is 48.0 Å². The van der Waals surface area contributed by atoms with Crippen molar-refractivity contribution in [2.24, 2.45) is 0 Å². The average molecular weight is 283 g/mol. The lowest BCUT2D eigenvalue weighted by atomic mass is 10.1. The van der Waals surface area contributed by atoms with E-state index in [-0.39, 0.29) is 5.91 Å². The number of aryl methyl sites for hydroxylation is 1. The number of hydrogen-bond donors (Lipinski definition) is 1. The minimum atomic E-state index is -0.954. The number of nitrogens with one attached hydrogen (secondary N) is 1. The maximum Gasteiger partial charge on any atom is 0.303 e. The van der Waals surface area contributed by atoms with Gasteiger partial charge in [0.1, 0.15) is 0 Å². The molecule has 0 spiro atoms. The Kier molecular flexibility index (Phi) is 4.72. The Hall–Kier alpha value is -2.62. The Labute approximate surface area is 123 Å². The van der Waals surface area contributed by atoms with E-state index in [1.165, 1.54) is 6.92 Å². The van der Waals surface area contributed by atoms with Crippen molar-refractivity contribution in [3.63, 3.8) is 0 Å². The van der Waals surface area contributed by atoms with E-state index in [9.17, 15) is 9.59 Å². The van der Waals surface area contributed by atoms with E-state index in [2.05, 4.69) is 5.32 Å². The predicted molar refractivity (Wildman–Crippen MR) is 80.8 cm³/mol. The molecule has 21 heavy (non-hydrogen) atoms. The molecule has 0 radical (unpaired) electrons. The van der Waals surface area contributed by atoms with E-state index in [1.807, 2.05) is 37.3 Å². The standard InChI is InChI=1S/C17H17NO3/c1-12-8-10-15(11-9-12)18-17(20)16(21-13(2)19)14-6-4-3-5-7-14/h3-11,16H,1-2H3,(H,18,20). The van der Waals surface area contributed by atoms with Crippen LogP contribution in [0.2, 0.25) is 0 Å². The van der Waals surface area contributed by atoms with E-state index >= 15 is 0 Å². The van der Waals surface area contributed by atoms with Crippen molar-refractivity contribution in [1.82, 2.24) is 0 Å². The number of amides is 1. The number of carbonyl (C=O) groups excluding carboxylic acids is 2. The highest BCUT2D eigenvalue weighted by Gasteiger charge is 2.23. The van der Waals surface area contributed by atoms with Gasteiger partial charge in [0.25, 0.3) is 5.91 Å². The second kappa shape index (κ2) is 6.70. The number of carbonyl (C=O) groups is 2. The maximum absolute atomic E-state index is 12.3. The van der Waals surface area contributed by atoms with Gasteiger partial charge < -0.3 is 10.1 Å². The molecule has 0 aliphatic carbocycles. The van der Waals surface area contributed by atoms with Crippen LogP contribution in [0.3, 0.4) is 0 Å². The number of esters is 1. The van der Waals surface area contributed by atoms with Gasteiger partial charge in [0.15, 0.2) is 0 Å². The molecule has 2 aromatic rings. The van der Waals surface area contributed by atoms with Crippen molar-refractivity contribution in [2.45, 2.75) is 20.0 Å². The van der Waals surface area contributed by atoms with Crippen molar-refractivity contribution in [3.8, 4) is 0 Å². The molecular weight excluding hydrogens is 266 g/mol. The molecule has 0 bridgehead atoms. The minimum Gasteiger partial charge on any atom is -0.447 e. The summed E-state index contributed by atoms with van der Waals surface area (Å²) in [6.45, 7) is 3.26. The van der Waals surface area contributed by atoms with Gasteiger partial charge in [-0.05, 0) is 19.1 Å². The predicted octanol–water partition coefficient (Wildman–Crippen LogP) is 3.24. The molecule has 2 aromatic carbocycles. The van der Waals surface area contributed by atoms with E-state index in [0.717, 1.165) is 5.56 Å². The summed E-state index contributed by atoms with van der Waals surface area (Å²) in [5.74, 6) is -0.872. The second-order valence-electron chi connectivity index (χ2n) is 4.76. The average Bonchev–Trinajstić information content (AvgIpc) is 2.48. The van der Waals surface area contributed by atoms with Crippen molar-refractivity contribution in [3.05, 3.63) is 65.7 Å². The molecule has 1 unspecified atom stereocenters. The first-order valence-electron chi connectivity index (χ1n) is 6.66. The molecule has 1 atom stereocenters. The first-order valence-corrected chi connectivity index (χ1v) is 6.66. The van der Waals surface area contributed by atoms with Gasteiger partial charge in [-0.3, -0.25) is 9.59 Å². The topological polar surface area (TPSA) is 55.4 Å². The molecule has 4 nitrogen and oxygen atoms in total. The number of rotatable bonds is 4. The van der Waals surface area contributed by atoms with Gasteiger partial charge in [-0.25, -0.2) is 0 Å². The first-order chi connectivity index (χ1) is 10.1. The molecule has 2 rings (SSSR count). The smallest absolute Gasteiger partial charge is 0.303 e. The normalized spacial score (nSPS) is 11.5. The highest BCUT2D eigenvalue weighted by Crippen LogP contribution is 2.20. The number of benzene rings is 2. The van der Waals surface area contributed by atoms with Gasteiger partial charge in [0.05, 0.1) is 0 Å². The van der Waals surface area contributed by atoms with E-state index in [0.29, 0.717) is 11.3 Å². The lowest BCUT2D eigenvalue weighted by molar-refractivity contribution is -0.152. The Morgan fingerprint density at radius 2 is 1.62 bits per heavy atom. The van der Waals surface area contributed by atoms with Gasteiger partial charge in [0.2, 0.25) is 6.10 Å². The third kappa shape index (κ3) is 4.18. The molecule has 0 saturated carbocycles. The Balaban J connectivity index is 2.18. The van der Waals surface area contributed by atoms with Crippen LogP contribution in [-0.4, -0.2) is 11.9 Å². The minimum absolute atomic E-state index is 0.375. The van der Waals surface area contributed by atoms with Crippen LogP contribution in [0.5, 0.6) is 0 Å². The molecule has 1 amide bonds. The summed E-state index contributed by atoms with van der Waals surface area (Å²) in [6, 6.07) is 16.4. The van der Waals surface area contributed by atoms with Gasteiger partial charge in [-0.15, -0.1) is 0 Å². The molecule has 0 aromatic heterocycles. The molecule has 0 heterocycles. The Morgan fingerprint density at radius 1 is 1.00 bits per heavy atom. The highest BCUT2D eigenvalue weighted by atomic mass is 16.5. The number of anilines is 1. The van der Waals surface area contributed by atoms with Crippen molar-refractivity contribution in [1.29, 1.82) is 0 Å². The molecule has 0 saturated heterocycles. The SMILES string of the molecule is CC(=O)OC(C(=O)Nc1ccc(C)cc1)c1ccccc1. The summed E-state index contributed by atoms with van der Waals surface area (Å²) >= 11 is 0. The van der Waals surface area contributed by atoms with Crippen molar-refractivity contribution in [2.75, 3.05) is 5.32 Å². The van der Waals surface area contributed by atoms with Crippen LogP contribution in [0.25, 0.3) is 0 Å². The Morgan fingerprint density at radius 3 is 2.19 bits per heavy atom. The lowest BCUT2D eigenvalue weighted by Gasteiger charge is -2.17. The second-order valence-corrected chi connectivity index (χ2v) is 4.76. The van der Waals surface area contributed by atoms with Crippen LogP contribution < -0.4 is 5.32 Å². The zero-order valence-corrected chi connectivity index (χ0v) is 12.0.